The van der Waals surface area contributed by atoms with Gasteiger partial charge in [0.05, 0.1) is 35.7 Å². The van der Waals surface area contributed by atoms with Gasteiger partial charge in [-0.05, 0) is 38.1 Å². The topological polar surface area (TPSA) is 198 Å². The molecule has 0 unspecified atom stereocenters. The van der Waals surface area contributed by atoms with E-state index in [1.54, 1.807) is 26.6 Å². The Morgan fingerprint density at radius 2 is 1.31 bits per heavy atom. The van der Waals surface area contributed by atoms with Crippen LogP contribution in [0.2, 0.25) is 51.4 Å². The highest BCUT2D eigenvalue weighted by molar-refractivity contribution is 6.76. The van der Waals surface area contributed by atoms with Gasteiger partial charge in [-0.3, -0.25) is 0 Å². The number of nitrogens with two attached hydrogens (primary N) is 3. The van der Waals surface area contributed by atoms with Gasteiger partial charge in [0.1, 0.15) is 13.5 Å². The van der Waals surface area contributed by atoms with E-state index in [9.17, 15) is 0 Å². The average Bonchev–Trinajstić information content (AvgIpc) is 3.72. The molecule has 0 aromatic carbocycles. The molecule has 0 spiro atoms. The maximum Gasteiger partial charge on any atom is 0.158 e. The molecule has 0 bridgehead atoms. The Bertz CT molecular complexity index is 1130. The monoisotopic (exact) mass is 668 g/mol. The van der Waals surface area contributed by atoms with Crippen molar-refractivity contribution in [2.45, 2.75) is 104 Å². The van der Waals surface area contributed by atoms with Gasteiger partial charge in [0, 0.05) is 55.2 Å². The van der Waals surface area contributed by atoms with Crippen LogP contribution in [0.3, 0.4) is 0 Å². The maximum atomic E-state index is 5.60. The fraction of sp³-hybridized carbons (Fsp3) is 0.786. The number of hydrogen-bond acceptors (Lipinski definition) is 12. The second-order valence-electron chi connectivity index (χ2n) is 13.0. The first kappa shape index (κ1) is 40.6. The van der Waals surface area contributed by atoms with Crippen LogP contribution >= 0.6 is 0 Å². The Labute approximate surface area is 271 Å². The molecule has 0 aliphatic carbocycles. The van der Waals surface area contributed by atoms with E-state index in [1.807, 2.05) is 6.20 Å². The van der Waals surface area contributed by atoms with Crippen LogP contribution in [0.25, 0.3) is 0 Å². The number of rotatable bonds is 20. The Morgan fingerprint density at radius 1 is 0.711 bits per heavy atom. The predicted octanol–water partition coefficient (Wildman–Crippen LogP) is 2.35. The van der Waals surface area contributed by atoms with Crippen molar-refractivity contribution in [2.24, 2.45) is 17.2 Å². The molecular formula is C28H60N12O3Si2. The molecule has 0 saturated heterocycles. The minimum Gasteiger partial charge on any atom is -0.359 e. The van der Waals surface area contributed by atoms with Gasteiger partial charge in [0.2, 0.25) is 0 Å². The van der Waals surface area contributed by atoms with E-state index in [1.165, 1.54) is 12.1 Å². The van der Waals surface area contributed by atoms with Crippen LogP contribution in [0.15, 0.2) is 18.6 Å². The summed E-state index contributed by atoms with van der Waals surface area (Å²) in [5, 5.41) is 24.0. The molecule has 6 N–H and O–H groups in total. The fourth-order valence-electron chi connectivity index (χ4n) is 3.41. The number of ether oxygens (including phenoxy) is 3. The molecule has 0 saturated carbocycles. The summed E-state index contributed by atoms with van der Waals surface area (Å²) in [7, 11) is -1.99. The first-order valence-corrected chi connectivity index (χ1v) is 23.3. The lowest BCUT2D eigenvalue weighted by Crippen LogP contribution is -2.22. The number of hydrogen-bond donors (Lipinski definition) is 3. The minimum absolute atomic E-state index is 0.440. The third-order valence-corrected chi connectivity index (χ3v) is 9.46. The predicted molar refractivity (Wildman–Crippen MR) is 183 cm³/mol. The summed E-state index contributed by atoms with van der Waals surface area (Å²) in [5.74, 6) is 0. The first-order valence-electron chi connectivity index (χ1n) is 15.9. The van der Waals surface area contributed by atoms with Crippen molar-refractivity contribution in [3.63, 3.8) is 0 Å². The Balaban J connectivity index is 0.000000340. The van der Waals surface area contributed by atoms with Gasteiger partial charge in [-0.1, -0.05) is 56.6 Å². The summed E-state index contributed by atoms with van der Waals surface area (Å²) in [6.07, 6.45) is 8.71. The lowest BCUT2D eigenvalue weighted by Gasteiger charge is -2.15. The molecule has 0 fully saturated rings. The lowest BCUT2D eigenvalue weighted by atomic mass is 10.3. The van der Waals surface area contributed by atoms with Crippen LogP contribution in [-0.2, 0) is 53.7 Å². The van der Waals surface area contributed by atoms with Crippen molar-refractivity contribution in [3.8, 4) is 0 Å². The molecule has 0 amide bonds. The van der Waals surface area contributed by atoms with Crippen molar-refractivity contribution in [2.75, 3.05) is 39.5 Å². The van der Waals surface area contributed by atoms with E-state index in [0.29, 0.717) is 39.8 Å². The zero-order chi connectivity index (χ0) is 33.6. The van der Waals surface area contributed by atoms with Gasteiger partial charge in [0.25, 0.3) is 0 Å². The Hall–Kier alpha value is -2.39. The third kappa shape index (κ3) is 21.1. The minimum atomic E-state index is -0.998. The summed E-state index contributed by atoms with van der Waals surface area (Å²) in [6.45, 7) is 21.7. The highest BCUT2D eigenvalue weighted by Gasteiger charge is 2.13. The standard InChI is InChI=1S/2C10H22N4OSi.C8H16N4O/c1-16(2,3)7-6-15-9-14-10(4-5-11)8-12-13-14;1-16(2,3)7-6-15-9-14-12-8-10(13-14)4-5-11;1-2-5-13-7-12-6-8(3-4-9)10-11-12/h2*8H,4-7,9,11H2,1-3H3;6H,2-5,7,9H2,1H3. The molecule has 3 aromatic rings. The summed E-state index contributed by atoms with van der Waals surface area (Å²) in [5.41, 5.74) is 19.2. The second-order valence-corrected chi connectivity index (χ2v) is 24.3. The van der Waals surface area contributed by atoms with Crippen molar-refractivity contribution >= 4 is 16.1 Å². The van der Waals surface area contributed by atoms with Crippen molar-refractivity contribution in [3.05, 3.63) is 35.7 Å². The van der Waals surface area contributed by atoms with E-state index in [-0.39, 0.29) is 0 Å². The SMILES string of the molecule is CCCOCn1cc(CCN)nn1.C[Si](C)(C)CCOCn1ncc(CCN)n1.C[Si](C)(C)CCOCn1nncc1CCN. The molecule has 0 aliphatic heterocycles. The largest absolute Gasteiger partial charge is 0.359 e. The van der Waals surface area contributed by atoms with E-state index < -0.39 is 16.1 Å². The molecule has 0 atom stereocenters. The lowest BCUT2D eigenvalue weighted by molar-refractivity contribution is 0.0680. The normalized spacial score (nSPS) is 11.6. The highest BCUT2D eigenvalue weighted by atomic mass is 28.3. The molecule has 15 nitrogen and oxygen atoms in total. The number of aromatic nitrogens is 9. The van der Waals surface area contributed by atoms with E-state index in [0.717, 1.165) is 62.6 Å². The smallest absolute Gasteiger partial charge is 0.158 e. The van der Waals surface area contributed by atoms with Gasteiger partial charge < -0.3 is 31.4 Å². The highest BCUT2D eigenvalue weighted by Crippen LogP contribution is 2.09. The van der Waals surface area contributed by atoms with Crippen molar-refractivity contribution in [1.82, 2.24) is 45.0 Å². The van der Waals surface area contributed by atoms with Crippen LogP contribution in [-0.4, -0.2) is 101 Å². The Morgan fingerprint density at radius 3 is 1.91 bits per heavy atom. The van der Waals surface area contributed by atoms with Crippen LogP contribution in [0.4, 0.5) is 0 Å². The number of nitrogens with zero attached hydrogens (tertiary/aromatic N) is 9. The summed E-state index contributed by atoms with van der Waals surface area (Å²) in [6, 6.07) is 2.35. The molecule has 0 radical (unpaired) electrons. The van der Waals surface area contributed by atoms with Gasteiger partial charge in [-0.15, -0.1) is 10.2 Å². The summed E-state index contributed by atoms with van der Waals surface area (Å²) in [4.78, 5) is 1.58. The second kappa shape index (κ2) is 23.0. The van der Waals surface area contributed by atoms with Crippen LogP contribution < -0.4 is 17.2 Å². The molecule has 17 heteroatoms. The molecule has 3 aromatic heterocycles. The molecule has 45 heavy (non-hydrogen) atoms. The third-order valence-electron chi connectivity index (χ3n) is 6.05. The molecule has 3 rings (SSSR count). The molecular weight excluding hydrogens is 609 g/mol. The van der Waals surface area contributed by atoms with Gasteiger partial charge >= 0.3 is 0 Å². The fourth-order valence-corrected chi connectivity index (χ4v) is 4.92. The average molecular weight is 669 g/mol. The summed E-state index contributed by atoms with van der Waals surface area (Å²) >= 11 is 0. The van der Waals surface area contributed by atoms with E-state index in [2.05, 4.69) is 77.0 Å². The molecule has 3 heterocycles. The first-order chi connectivity index (χ1) is 21.4. The zero-order valence-corrected chi connectivity index (χ0v) is 30.8. The zero-order valence-electron chi connectivity index (χ0n) is 28.8. The summed E-state index contributed by atoms with van der Waals surface area (Å²) < 4.78 is 19.9. The van der Waals surface area contributed by atoms with Gasteiger partial charge in [-0.2, -0.15) is 15.0 Å². The van der Waals surface area contributed by atoms with Gasteiger partial charge in [0.15, 0.2) is 6.73 Å². The van der Waals surface area contributed by atoms with Crippen LogP contribution in [0, 0.1) is 0 Å². The quantitative estimate of drug-likeness (QED) is 0.118. The molecule has 0 aliphatic rings. The van der Waals surface area contributed by atoms with Crippen LogP contribution in [0.1, 0.15) is 30.4 Å². The van der Waals surface area contributed by atoms with Crippen LogP contribution in [0.5, 0.6) is 0 Å². The van der Waals surface area contributed by atoms with Crippen molar-refractivity contribution in [1.29, 1.82) is 0 Å². The van der Waals surface area contributed by atoms with E-state index >= 15 is 0 Å². The molecule has 258 valence electrons. The Kier molecular flexibility index (Phi) is 20.8. The van der Waals surface area contributed by atoms with E-state index in [4.69, 9.17) is 31.4 Å². The van der Waals surface area contributed by atoms with Gasteiger partial charge in [-0.25, -0.2) is 9.36 Å². The maximum absolute atomic E-state index is 5.60. The van der Waals surface area contributed by atoms with Crippen molar-refractivity contribution < 1.29 is 14.2 Å².